The Bertz CT molecular complexity index is 1640. The minimum absolute atomic E-state index is 0.0492. The third-order valence-corrected chi connectivity index (χ3v) is 10.0. The van der Waals surface area contributed by atoms with Gasteiger partial charge in [0.1, 0.15) is 6.10 Å². The summed E-state index contributed by atoms with van der Waals surface area (Å²) >= 11 is 12.8. The van der Waals surface area contributed by atoms with Crippen molar-refractivity contribution < 1.29 is 40.9 Å². The van der Waals surface area contributed by atoms with Crippen LogP contribution in [0.4, 0.5) is 8.78 Å². The number of ether oxygens (including phenoxy) is 4. The van der Waals surface area contributed by atoms with Gasteiger partial charge in [-0.15, -0.1) is 0 Å². The van der Waals surface area contributed by atoms with Crippen LogP contribution in [0.15, 0.2) is 54.9 Å². The Labute approximate surface area is 288 Å². The first kappa shape index (κ1) is 36.2. The van der Waals surface area contributed by atoms with Crippen molar-refractivity contribution in [2.24, 2.45) is 5.92 Å². The molecule has 0 spiro atoms. The molecule has 1 atom stereocenters. The first-order chi connectivity index (χ1) is 23.0. The predicted octanol–water partition coefficient (Wildman–Crippen LogP) is 6.01. The number of halogens is 4. The molecule has 5 rings (SSSR count). The van der Waals surface area contributed by atoms with Crippen LogP contribution in [0.1, 0.15) is 46.0 Å². The number of nitrogens with zero attached hydrogens (tertiary/aromatic N) is 3. The first-order valence-corrected chi connectivity index (χ1v) is 18.1. The number of benzene rings is 2. The molecule has 260 valence electrons. The highest BCUT2D eigenvalue weighted by atomic mass is 35.5. The van der Waals surface area contributed by atoms with Crippen LogP contribution in [0.2, 0.25) is 10.0 Å². The molecule has 1 saturated heterocycles. The van der Waals surface area contributed by atoms with Crippen molar-refractivity contribution in [2.45, 2.75) is 38.5 Å². The molecule has 0 N–H and O–H groups in total. The number of carbonyl (C=O) groups excluding carboxylic acids is 1. The highest BCUT2D eigenvalue weighted by Gasteiger charge is 2.26. The van der Waals surface area contributed by atoms with Crippen LogP contribution in [0.3, 0.4) is 0 Å². The Kier molecular flexibility index (Phi) is 12.5. The molecular formula is C33H37Cl2F2N3O7S. The van der Waals surface area contributed by atoms with Crippen molar-refractivity contribution in [3.05, 3.63) is 87.2 Å². The van der Waals surface area contributed by atoms with E-state index in [4.69, 9.17) is 37.4 Å². The second-order valence-electron chi connectivity index (χ2n) is 11.8. The summed E-state index contributed by atoms with van der Waals surface area (Å²) < 4.78 is 74.7. The van der Waals surface area contributed by atoms with Gasteiger partial charge >= 0.3 is 12.6 Å². The first-order valence-electron chi connectivity index (χ1n) is 15.5. The summed E-state index contributed by atoms with van der Waals surface area (Å²) in [6, 6.07) is 10.9. The molecule has 0 radical (unpaired) electrons. The van der Waals surface area contributed by atoms with Gasteiger partial charge in [0, 0.05) is 51.5 Å². The van der Waals surface area contributed by atoms with Crippen LogP contribution in [-0.4, -0.2) is 87.4 Å². The summed E-state index contributed by atoms with van der Waals surface area (Å²) in [5.74, 6) is -0.369. The monoisotopic (exact) mass is 727 g/mol. The molecule has 3 aromatic rings. The average Bonchev–Trinajstić information content (AvgIpc) is 3.88. The quantitative estimate of drug-likeness (QED) is 0.164. The Morgan fingerprint density at radius 1 is 1.06 bits per heavy atom. The lowest BCUT2D eigenvalue weighted by molar-refractivity contribution is -0.0515. The highest BCUT2D eigenvalue weighted by molar-refractivity contribution is 7.88. The third-order valence-electron chi connectivity index (χ3n) is 8.11. The topological polar surface area (TPSA) is 108 Å². The number of hydrogen-bond donors (Lipinski definition) is 0. The maximum atomic E-state index is 13.5. The van der Waals surface area contributed by atoms with E-state index in [1.54, 1.807) is 24.3 Å². The molecule has 0 amide bonds. The van der Waals surface area contributed by atoms with Crippen LogP contribution >= 0.6 is 23.2 Å². The fraction of sp³-hybridized carbons (Fsp3) is 0.455. The Morgan fingerprint density at radius 3 is 2.38 bits per heavy atom. The van der Waals surface area contributed by atoms with Crippen molar-refractivity contribution in [3.63, 3.8) is 0 Å². The van der Waals surface area contributed by atoms with Crippen molar-refractivity contribution in [1.29, 1.82) is 0 Å². The maximum absolute atomic E-state index is 13.5. The van der Waals surface area contributed by atoms with Crippen molar-refractivity contribution in [3.8, 4) is 11.5 Å². The number of morpholine rings is 1. The van der Waals surface area contributed by atoms with E-state index in [1.165, 1.54) is 41.2 Å². The number of alkyl halides is 2. The lowest BCUT2D eigenvalue weighted by Crippen LogP contribution is -2.42. The number of pyridine rings is 1. The van der Waals surface area contributed by atoms with Crippen molar-refractivity contribution in [2.75, 3.05) is 52.3 Å². The lowest BCUT2D eigenvalue weighted by Gasteiger charge is -2.29. The minimum atomic E-state index is -3.50. The summed E-state index contributed by atoms with van der Waals surface area (Å²) in [5, 5.41) is 0.527. The number of rotatable bonds is 16. The summed E-state index contributed by atoms with van der Waals surface area (Å²) in [6.45, 7) is 1.05. The molecule has 1 aliphatic heterocycles. The van der Waals surface area contributed by atoms with E-state index in [-0.39, 0.29) is 40.1 Å². The van der Waals surface area contributed by atoms with Gasteiger partial charge in [-0.1, -0.05) is 41.4 Å². The fourth-order valence-corrected chi connectivity index (χ4v) is 6.47. The molecule has 1 unspecified atom stereocenters. The zero-order valence-electron chi connectivity index (χ0n) is 26.3. The van der Waals surface area contributed by atoms with Gasteiger partial charge in [-0.25, -0.2) is 13.2 Å². The van der Waals surface area contributed by atoms with Crippen LogP contribution in [-0.2, 0) is 32.5 Å². The summed E-state index contributed by atoms with van der Waals surface area (Å²) in [6.07, 6.45) is 5.09. The molecule has 15 heteroatoms. The van der Waals surface area contributed by atoms with Gasteiger partial charge in [0.2, 0.25) is 10.0 Å². The van der Waals surface area contributed by atoms with Crippen molar-refractivity contribution in [1.82, 2.24) is 14.2 Å². The summed E-state index contributed by atoms with van der Waals surface area (Å²) in [7, 11) is -3.50. The number of esters is 1. The van der Waals surface area contributed by atoms with E-state index in [0.29, 0.717) is 55.5 Å². The molecule has 2 fully saturated rings. The van der Waals surface area contributed by atoms with Gasteiger partial charge < -0.3 is 18.9 Å². The smallest absolute Gasteiger partial charge is 0.387 e. The fourth-order valence-electron chi connectivity index (χ4n) is 5.16. The summed E-state index contributed by atoms with van der Waals surface area (Å²) in [5.41, 5.74) is 1.84. The molecule has 1 aliphatic carbocycles. The van der Waals surface area contributed by atoms with Crippen LogP contribution in [0.5, 0.6) is 11.5 Å². The van der Waals surface area contributed by atoms with Crippen LogP contribution in [0.25, 0.3) is 0 Å². The number of carbonyl (C=O) groups is 1. The molecule has 2 aromatic carbocycles. The predicted molar refractivity (Wildman–Crippen MR) is 176 cm³/mol. The van der Waals surface area contributed by atoms with Gasteiger partial charge in [-0.05, 0) is 59.7 Å². The number of hydrogen-bond acceptors (Lipinski definition) is 9. The second kappa shape index (κ2) is 16.6. The Balaban J connectivity index is 1.34. The molecular weight excluding hydrogens is 691 g/mol. The van der Waals surface area contributed by atoms with E-state index in [9.17, 15) is 22.0 Å². The van der Waals surface area contributed by atoms with Crippen LogP contribution in [0, 0.1) is 5.92 Å². The molecule has 10 nitrogen and oxygen atoms in total. The molecule has 1 aromatic heterocycles. The molecule has 2 aliphatic rings. The van der Waals surface area contributed by atoms with Gasteiger partial charge in [-0.3, -0.25) is 9.88 Å². The van der Waals surface area contributed by atoms with E-state index in [2.05, 4.69) is 14.6 Å². The second-order valence-corrected chi connectivity index (χ2v) is 14.6. The zero-order valence-corrected chi connectivity index (χ0v) is 28.7. The largest absolute Gasteiger partial charge is 0.489 e. The molecule has 1 saturated carbocycles. The summed E-state index contributed by atoms with van der Waals surface area (Å²) in [4.78, 5) is 19.6. The SMILES string of the molecule is CS(=O)(=O)N(CCN1CCOCC1)Cc1ccc(C(=O)OC(Cc2c(Cl)cncc2Cl)c2ccc(OC(F)F)c(OCC3CC3)c2)cc1. The minimum Gasteiger partial charge on any atom is -0.489 e. The van der Waals surface area contributed by atoms with Crippen LogP contribution < -0.4 is 9.47 Å². The standard InChI is InChI=1S/C33H37Cl2F2N3O7S/c1-48(42,43)40(11-10-39-12-14-44-15-13-39)20-22-4-6-24(7-5-22)32(41)46-30(17-26-27(34)18-38-19-28(26)35)25-8-9-29(47-33(36)37)31(16-25)45-21-23-2-3-23/h4-9,16,18-19,23,30,33H,2-3,10-15,17,20-21H2,1H3. The zero-order chi connectivity index (χ0) is 34.3. The molecule has 2 heterocycles. The highest BCUT2D eigenvalue weighted by Crippen LogP contribution is 2.38. The Morgan fingerprint density at radius 2 is 1.75 bits per heavy atom. The lowest BCUT2D eigenvalue weighted by atomic mass is 10.0. The van der Waals surface area contributed by atoms with Gasteiger partial charge in [-0.2, -0.15) is 13.1 Å². The van der Waals surface area contributed by atoms with Gasteiger partial charge in [0.05, 0.1) is 41.7 Å². The number of sulfonamides is 1. The van der Waals surface area contributed by atoms with E-state index < -0.39 is 28.7 Å². The normalized spacial score (nSPS) is 16.2. The third kappa shape index (κ3) is 10.5. The Hall–Kier alpha value is -3.07. The van der Waals surface area contributed by atoms with E-state index in [1.807, 2.05) is 0 Å². The van der Waals surface area contributed by atoms with E-state index >= 15 is 0 Å². The van der Waals surface area contributed by atoms with E-state index in [0.717, 1.165) is 25.9 Å². The van der Waals surface area contributed by atoms with Crippen molar-refractivity contribution >= 4 is 39.2 Å². The van der Waals surface area contributed by atoms with Gasteiger partial charge in [0.25, 0.3) is 0 Å². The maximum Gasteiger partial charge on any atom is 0.387 e. The average molecular weight is 729 g/mol. The number of aromatic nitrogens is 1. The molecule has 48 heavy (non-hydrogen) atoms. The van der Waals surface area contributed by atoms with Gasteiger partial charge in [0.15, 0.2) is 11.5 Å². The molecule has 0 bridgehead atoms.